The van der Waals surface area contributed by atoms with Crippen LogP contribution in [0.1, 0.15) is 50.3 Å². The molecule has 0 aliphatic rings. The molecule has 0 fully saturated rings. The summed E-state index contributed by atoms with van der Waals surface area (Å²) in [6, 6.07) is 13.7. The number of hydrogen-bond acceptors (Lipinski definition) is 3. The Morgan fingerprint density at radius 1 is 1.04 bits per heavy atom. The molecular formula is C22H27NO4. The van der Waals surface area contributed by atoms with Crippen LogP contribution in [0.15, 0.2) is 42.5 Å². The largest absolute Gasteiger partial charge is 0.481 e. The van der Waals surface area contributed by atoms with Gasteiger partial charge in [-0.3, -0.25) is 9.59 Å². The second-order valence-electron chi connectivity index (χ2n) is 7.67. The molecule has 0 spiro atoms. The van der Waals surface area contributed by atoms with Gasteiger partial charge in [-0.2, -0.15) is 0 Å². The van der Waals surface area contributed by atoms with E-state index in [9.17, 15) is 9.59 Å². The van der Waals surface area contributed by atoms with Crippen molar-refractivity contribution in [2.24, 2.45) is 0 Å². The SMILES string of the molecule is Cc1ccc(Oc2ccc(CNC(=O)CCC(=O)O)cc2)c(C(C)(C)C)c1. The Hall–Kier alpha value is -2.82. The number of benzene rings is 2. The zero-order valence-electron chi connectivity index (χ0n) is 16.3. The van der Waals surface area contributed by atoms with Crippen LogP contribution in [0.3, 0.4) is 0 Å². The van der Waals surface area contributed by atoms with Crippen molar-refractivity contribution in [3.05, 3.63) is 59.2 Å². The molecule has 5 heteroatoms. The van der Waals surface area contributed by atoms with E-state index in [0.717, 1.165) is 22.6 Å². The van der Waals surface area contributed by atoms with Gasteiger partial charge in [0.15, 0.2) is 0 Å². The molecule has 1 amide bonds. The van der Waals surface area contributed by atoms with Crippen molar-refractivity contribution >= 4 is 11.9 Å². The third-order valence-corrected chi connectivity index (χ3v) is 4.15. The topological polar surface area (TPSA) is 75.6 Å². The van der Waals surface area contributed by atoms with Crippen LogP contribution in [0, 0.1) is 6.92 Å². The molecule has 0 saturated heterocycles. The van der Waals surface area contributed by atoms with Crippen molar-refractivity contribution in [3.8, 4) is 11.5 Å². The second kappa shape index (κ2) is 8.71. The van der Waals surface area contributed by atoms with Crippen LogP contribution >= 0.6 is 0 Å². The molecule has 0 atom stereocenters. The molecule has 0 aliphatic heterocycles. The summed E-state index contributed by atoms with van der Waals surface area (Å²) in [5.41, 5.74) is 3.24. The maximum absolute atomic E-state index is 11.6. The summed E-state index contributed by atoms with van der Waals surface area (Å²) in [6.45, 7) is 8.90. The van der Waals surface area contributed by atoms with Gasteiger partial charge < -0.3 is 15.2 Å². The van der Waals surface area contributed by atoms with Crippen molar-refractivity contribution in [1.29, 1.82) is 0 Å². The van der Waals surface area contributed by atoms with E-state index >= 15 is 0 Å². The zero-order chi connectivity index (χ0) is 20.0. The van der Waals surface area contributed by atoms with Gasteiger partial charge in [0.05, 0.1) is 6.42 Å². The Morgan fingerprint density at radius 2 is 1.70 bits per heavy atom. The van der Waals surface area contributed by atoms with Crippen molar-refractivity contribution in [1.82, 2.24) is 5.32 Å². The predicted octanol–water partition coefficient (Wildman–Crippen LogP) is 4.57. The molecule has 2 rings (SSSR count). The molecule has 5 nitrogen and oxygen atoms in total. The summed E-state index contributed by atoms with van der Waals surface area (Å²) in [5, 5.41) is 11.3. The Kier molecular flexibility index (Phi) is 6.61. The molecule has 0 bridgehead atoms. The summed E-state index contributed by atoms with van der Waals surface area (Å²) >= 11 is 0. The number of carboxylic acids is 1. The van der Waals surface area contributed by atoms with Gasteiger partial charge >= 0.3 is 5.97 Å². The molecule has 0 unspecified atom stereocenters. The molecule has 2 N–H and O–H groups in total. The number of amides is 1. The summed E-state index contributed by atoms with van der Waals surface area (Å²) in [6.07, 6.45) is -0.176. The summed E-state index contributed by atoms with van der Waals surface area (Å²) < 4.78 is 6.08. The monoisotopic (exact) mass is 369 g/mol. The Labute approximate surface area is 160 Å². The minimum absolute atomic E-state index is 0.0144. The first-order valence-corrected chi connectivity index (χ1v) is 9.01. The molecule has 0 aliphatic carbocycles. The first kappa shape index (κ1) is 20.5. The van der Waals surface area contributed by atoms with E-state index in [4.69, 9.17) is 9.84 Å². The zero-order valence-corrected chi connectivity index (χ0v) is 16.3. The Bertz CT molecular complexity index is 804. The summed E-state index contributed by atoms with van der Waals surface area (Å²) in [5.74, 6) is 0.317. The highest BCUT2D eigenvalue weighted by atomic mass is 16.5. The second-order valence-corrected chi connectivity index (χ2v) is 7.67. The van der Waals surface area contributed by atoms with Gasteiger partial charge in [-0.1, -0.05) is 50.6 Å². The van der Waals surface area contributed by atoms with E-state index < -0.39 is 5.97 Å². The van der Waals surface area contributed by atoms with E-state index in [2.05, 4.69) is 39.1 Å². The molecule has 2 aromatic rings. The maximum atomic E-state index is 11.6. The van der Waals surface area contributed by atoms with Crippen LogP contribution in [0.5, 0.6) is 11.5 Å². The lowest BCUT2D eigenvalue weighted by molar-refractivity contribution is -0.138. The maximum Gasteiger partial charge on any atom is 0.303 e. The molecule has 0 radical (unpaired) electrons. The molecule has 0 aromatic heterocycles. The first-order valence-electron chi connectivity index (χ1n) is 9.01. The van der Waals surface area contributed by atoms with Gasteiger partial charge in [0.2, 0.25) is 5.91 Å². The fourth-order valence-corrected chi connectivity index (χ4v) is 2.63. The normalized spacial score (nSPS) is 11.1. The molecule has 0 saturated carbocycles. The number of carboxylic acid groups (broad SMARTS) is 1. The van der Waals surface area contributed by atoms with Crippen molar-refractivity contribution < 1.29 is 19.4 Å². The smallest absolute Gasteiger partial charge is 0.303 e. The van der Waals surface area contributed by atoms with E-state index in [-0.39, 0.29) is 24.2 Å². The first-order chi connectivity index (χ1) is 12.6. The average molecular weight is 369 g/mol. The van der Waals surface area contributed by atoms with Crippen molar-refractivity contribution in [3.63, 3.8) is 0 Å². The number of carbonyl (C=O) groups excluding carboxylic acids is 1. The minimum Gasteiger partial charge on any atom is -0.481 e. The molecule has 27 heavy (non-hydrogen) atoms. The third kappa shape index (κ3) is 6.44. The van der Waals surface area contributed by atoms with Gasteiger partial charge in [0.25, 0.3) is 0 Å². The summed E-state index contributed by atoms with van der Waals surface area (Å²) in [7, 11) is 0. The standard InChI is InChI=1S/C22H27NO4/c1-15-5-10-19(18(13-15)22(2,3)4)27-17-8-6-16(7-9-17)14-23-20(24)11-12-21(25)26/h5-10,13H,11-12,14H2,1-4H3,(H,23,24)(H,25,26). The van der Waals surface area contributed by atoms with Gasteiger partial charge in [-0.05, 0) is 36.1 Å². The lowest BCUT2D eigenvalue weighted by Gasteiger charge is -2.23. The number of carbonyl (C=O) groups is 2. The van der Waals surface area contributed by atoms with Crippen LogP contribution in [-0.4, -0.2) is 17.0 Å². The van der Waals surface area contributed by atoms with E-state index in [1.54, 1.807) is 0 Å². The number of aryl methyl sites for hydroxylation is 1. The Morgan fingerprint density at radius 3 is 2.30 bits per heavy atom. The van der Waals surface area contributed by atoms with Crippen LogP contribution in [-0.2, 0) is 21.5 Å². The quantitative estimate of drug-likeness (QED) is 0.750. The molecule has 144 valence electrons. The fourth-order valence-electron chi connectivity index (χ4n) is 2.63. The predicted molar refractivity (Wildman–Crippen MR) is 105 cm³/mol. The van der Waals surface area contributed by atoms with E-state index in [1.807, 2.05) is 36.4 Å². The highest BCUT2D eigenvalue weighted by molar-refractivity contribution is 5.80. The van der Waals surface area contributed by atoms with Crippen LogP contribution in [0.4, 0.5) is 0 Å². The van der Waals surface area contributed by atoms with Crippen molar-refractivity contribution in [2.75, 3.05) is 0 Å². The minimum atomic E-state index is -0.975. The number of ether oxygens (including phenoxy) is 1. The summed E-state index contributed by atoms with van der Waals surface area (Å²) in [4.78, 5) is 22.1. The lowest BCUT2D eigenvalue weighted by atomic mass is 9.85. The highest BCUT2D eigenvalue weighted by Crippen LogP contribution is 2.34. The number of rotatable bonds is 7. The van der Waals surface area contributed by atoms with Crippen LogP contribution in [0.25, 0.3) is 0 Å². The number of nitrogens with one attached hydrogen (secondary N) is 1. The number of hydrogen-bond donors (Lipinski definition) is 2. The van der Waals surface area contributed by atoms with Crippen LogP contribution in [0.2, 0.25) is 0 Å². The third-order valence-electron chi connectivity index (χ3n) is 4.15. The van der Waals surface area contributed by atoms with E-state index in [0.29, 0.717) is 6.54 Å². The van der Waals surface area contributed by atoms with Gasteiger partial charge in [0.1, 0.15) is 11.5 Å². The molecule has 2 aromatic carbocycles. The van der Waals surface area contributed by atoms with Crippen LogP contribution < -0.4 is 10.1 Å². The highest BCUT2D eigenvalue weighted by Gasteiger charge is 2.19. The molecular weight excluding hydrogens is 342 g/mol. The molecule has 0 heterocycles. The average Bonchev–Trinajstić information content (AvgIpc) is 2.60. The van der Waals surface area contributed by atoms with Gasteiger partial charge in [0, 0.05) is 18.5 Å². The van der Waals surface area contributed by atoms with E-state index in [1.165, 1.54) is 5.56 Å². The lowest BCUT2D eigenvalue weighted by Crippen LogP contribution is -2.23. The Balaban J connectivity index is 2.00. The fraction of sp³-hybridized carbons (Fsp3) is 0.364. The van der Waals surface area contributed by atoms with Gasteiger partial charge in [-0.15, -0.1) is 0 Å². The van der Waals surface area contributed by atoms with Crippen molar-refractivity contribution in [2.45, 2.75) is 52.5 Å². The number of aliphatic carboxylic acids is 1. The van der Waals surface area contributed by atoms with Gasteiger partial charge in [-0.25, -0.2) is 0 Å².